The van der Waals surface area contributed by atoms with E-state index in [0.29, 0.717) is 34.3 Å². The van der Waals surface area contributed by atoms with Gasteiger partial charge in [0.2, 0.25) is 0 Å². The standard InChI is InChI=1S/C27H30Cl2FNO3/c28-18-4-7-19(8-5-18)33-15-27(32)31-26-12-17(22-14-23(22)26)3-1-16-2-6-20(11-16)34-21-9-10-24(29)25(30)13-21/h4-5,7-10,13,16-17,20,22-23,26H,1-3,6,11-12,14-15H2,(H,31,32)/t16?,17-,20?,22?,23?,26+/m0/s1. The molecule has 34 heavy (non-hydrogen) atoms. The van der Waals surface area contributed by atoms with Crippen LogP contribution < -0.4 is 14.8 Å². The fourth-order valence-electron chi connectivity index (χ4n) is 5.93. The molecule has 2 aromatic rings. The predicted molar refractivity (Wildman–Crippen MR) is 131 cm³/mol. The number of benzene rings is 2. The maximum absolute atomic E-state index is 13.7. The second-order valence-electron chi connectivity index (χ2n) is 10.0. The van der Waals surface area contributed by atoms with Gasteiger partial charge >= 0.3 is 0 Å². The van der Waals surface area contributed by atoms with Crippen molar-refractivity contribution >= 4 is 29.1 Å². The Morgan fingerprint density at radius 3 is 2.56 bits per heavy atom. The number of halogens is 3. The molecule has 6 atom stereocenters. The summed E-state index contributed by atoms with van der Waals surface area (Å²) in [6, 6.07) is 12.0. The molecule has 4 unspecified atom stereocenters. The van der Waals surface area contributed by atoms with Crippen LogP contribution in [-0.4, -0.2) is 24.7 Å². The molecular formula is C27H30Cl2FNO3. The lowest BCUT2D eigenvalue weighted by Gasteiger charge is -2.19. The van der Waals surface area contributed by atoms with Crippen molar-refractivity contribution in [1.82, 2.24) is 5.32 Å². The summed E-state index contributed by atoms with van der Waals surface area (Å²) in [6.45, 7) is 0.0289. The number of amides is 1. The van der Waals surface area contributed by atoms with E-state index in [1.165, 1.54) is 25.3 Å². The van der Waals surface area contributed by atoms with Crippen LogP contribution >= 0.6 is 23.2 Å². The molecule has 0 aromatic heterocycles. The highest BCUT2D eigenvalue weighted by atomic mass is 35.5. The van der Waals surface area contributed by atoms with Gasteiger partial charge in [-0.05, 0) is 98.6 Å². The molecule has 182 valence electrons. The molecule has 1 amide bonds. The van der Waals surface area contributed by atoms with E-state index in [-0.39, 0.29) is 29.7 Å². The summed E-state index contributed by atoms with van der Waals surface area (Å²) in [6.07, 6.45) is 8.04. The molecule has 3 fully saturated rings. The molecular weight excluding hydrogens is 476 g/mol. The second-order valence-corrected chi connectivity index (χ2v) is 10.9. The van der Waals surface area contributed by atoms with Gasteiger partial charge in [0.15, 0.2) is 6.61 Å². The maximum Gasteiger partial charge on any atom is 0.258 e. The van der Waals surface area contributed by atoms with Gasteiger partial charge in [0.25, 0.3) is 5.91 Å². The fraction of sp³-hybridized carbons (Fsp3) is 0.519. The summed E-state index contributed by atoms with van der Waals surface area (Å²) in [4.78, 5) is 12.4. The van der Waals surface area contributed by atoms with Crippen molar-refractivity contribution in [2.24, 2.45) is 23.7 Å². The number of nitrogens with one attached hydrogen (secondary N) is 1. The first-order valence-electron chi connectivity index (χ1n) is 12.2. The monoisotopic (exact) mass is 505 g/mol. The summed E-state index contributed by atoms with van der Waals surface area (Å²) in [5, 5.41) is 3.97. The molecule has 1 N–H and O–H groups in total. The van der Waals surface area contributed by atoms with Crippen molar-refractivity contribution in [3.8, 4) is 11.5 Å². The Bertz CT molecular complexity index is 1020. The van der Waals surface area contributed by atoms with Crippen LogP contribution in [0.1, 0.15) is 44.9 Å². The molecule has 0 bridgehead atoms. The molecule has 2 aromatic carbocycles. The van der Waals surface area contributed by atoms with Gasteiger partial charge in [-0.1, -0.05) is 29.6 Å². The van der Waals surface area contributed by atoms with Gasteiger partial charge in [0, 0.05) is 17.1 Å². The molecule has 0 saturated heterocycles. The van der Waals surface area contributed by atoms with Crippen LogP contribution in [0.3, 0.4) is 0 Å². The SMILES string of the molecule is O=C(COc1ccc(Cl)cc1)N[C@@H]1C[C@H](CCC2CCC(Oc3ccc(Cl)c(F)c3)C2)C2CC21. The quantitative estimate of drug-likeness (QED) is 0.413. The van der Waals surface area contributed by atoms with E-state index in [9.17, 15) is 9.18 Å². The van der Waals surface area contributed by atoms with Gasteiger partial charge in [-0.25, -0.2) is 4.39 Å². The Balaban J connectivity index is 1.02. The largest absolute Gasteiger partial charge is 0.490 e. The van der Waals surface area contributed by atoms with Crippen LogP contribution in [-0.2, 0) is 4.79 Å². The molecule has 3 aliphatic rings. The van der Waals surface area contributed by atoms with Crippen LogP contribution in [0.25, 0.3) is 0 Å². The minimum Gasteiger partial charge on any atom is -0.490 e. The number of hydrogen-bond acceptors (Lipinski definition) is 3. The summed E-state index contributed by atoms with van der Waals surface area (Å²) < 4.78 is 25.2. The average Bonchev–Trinajstić information content (AvgIpc) is 3.38. The van der Waals surface area contributed by atoms with E-state index in [0.717, 1.165) is 31.6 Å². The third-order valence-corrected chi connectivity index (χ3v) is 8.29. The van der Waals surface area contributed by atoms with E-state index in [2.05, 4.69) is 5.32 Å². The van der Waals surface area contributed by atoms with Crippen molar-refractivity contribution in [3.05, 3.63) is 58.3 Å². The third-order valence-electron chi connectivity index (χ3n) is 7.73. The van der Waals surface area contributed by atoms with Gasteiger partial charge in [0.1, 0.15) is 17.3 Å². The normalized spacial score (nSPS) is 29.5. The summed E-state index contributed by atoms with van der Waals surface area (Å²) in [5.41, 5.74) is 0. The van der Waals surface area contributed by atoms with Gasteiger partial charge in [-0.2, -0.15) is 0 Å². The van der Waals surface area contributed by atoms with Crippen LogP contribution in [0.5, 0.6) is 11.5 Å². The molecule has 0 radical (unpaired) electrons. The Kier molecular flexibility index (Phi) is 7.22. The Hall–Kier alpha value is -1.98. The van der Waals surface area contributed by atoms with Crippen molar-refractivity contribution in [2.45, 2.75) is 57.1 Å². The Labute approximate surface area is 210 Å². The van der Waals surface area contributed by atoms with Crippen LogP contribution in [0.2, 0.25) is 10.0 Å². The lowest BCUT2D eigenvalue weighted by atomic mass is 9.91. The first-order valence-corrected chi connectivity index (χ1v) is 13.0. The minimum absolute atomic E-state index is 0.0289. The highest BCUT2D eigenvalue weighted by Crippen LogP contribution is 2.57. The lowest BCUT2D eigenvalue weighted by Crippen LogP contribution is -2.38. The van der Waals surface area contributed by atoms with Gasteiger partial charge in [-0.3, -0.25) is 4.79 Å². The van der Waals surface area contributed by atoms with Crippen LogP contribution in [0.15, 0.2) is 42.5 Å². The predicted octanol–water partition coefficient (Wildman–Crippen LogP) is 6.68. The first-order chi connectivity index (χ1) is 16.4. The zero-order chi connectivity index (χ0) is 23.7. The molecule has 3 saturated carbocycles. The number of hydrogen-bond donors (Lipinski definition) is 1. The van der Waals surface area contributed by atoms with E-state index in [4.69, 9.17) is 32.7 Å². The number of rotatable bonds is 9. The lowest BCUT2D eigenvalue weighted by molar-refractivity contribution is -0.123. The van der Waals surface area contributed by atoms with E-state index >= 15 is 0 Å². The number of fused-ring (bicyclic) bond motifs is 1. The topological polar surface area (TPSA) is 47.6 Å². The van der Waals surface area contributed by atoms with Crippen molar-refractivity contribution in [2.75, 3.05) is 6.61 Å². The number of carbonyl (C=O) groups is 1. The molecule has 5 rings (SSSR count). The zero-order valence-corrected chi connectivity index (χ0v) is 20.5. The molecule has 7 heteroatoms. The van der Waals surface area contributed by atoms with Crippen molar-refractivity contribution in [1.29, 1.82) is 0 Å². The molecule has 0 spiro atoms. The highest BCUT2D eigenvalue weighted by molar-refractivity contribution is 6.30. The summed E-state index contributed by atoms with van der Waals surface area (Å²) in [7, 11) is 0. The van der Waals surface area contributed by atoms with E-state index in [1.54, 1.807) is 36.4 Å². The smallest absolute Gasteiger partial charge is 0.258 e. The van der Waals surface area contributed by atoms with E-state index in [1.807, 2.05) is 0 Å². The third kappa shape index (κ3) is 5.80. The number of ether oxygens (including phenoxy) is 2. The molecule has 0 aliphatic heterocycles. The zero-order valence-electron chi connectivity index (χ0n) is 19.0. The summed E-state index contributed by atoms with van der Waals surface area (Å²) in [5.74, 6) is 3.44. The van der Waals surface area contributed by atoms with Gasteiger partial charge < -0.3 is 14.8 Å². The average molecular weight is 506 g/mol. The first kappa shape index (κ1) is 23.7. The minimum atomic E-state index is -0.438. The van der Waals surface area contributed by atoms with Gasteiger partial charge in [-0.15, -0.1) is 0 Å². The Morgan fingerprint density at radius 1 is 0.971 bits per heavy atom. The van der Waals surface area contributed by atoms with Crippen molar-refractivity contribution < 1.29 is 18.7 Å². The molecule has 4 nitrogen and oxygen atoms in total. The number of carbonyl (C=O) groups excluding carboxylic acids is 1. The van der Waals surface area contributed by atoms with Gasteiger partial charge in [0.05, 0.1) is 11.1 Å². The maximum atomic E-state index is 13.7. The van der Waals surface area contributed by atoms with Crippen LogP contribution in [0, 0.1) is 29.5 Å². The molecule has 0 heterocycles. The highest BCUT2D eigenvalue weighted by Gasteiger charge is 2.54. The van der Waals surface area contributed by atoms with Crippen molar-refractivity contribution in [3.63, 3.8) is 0 Å². The second kappa shape index (κ2) is 10.3. The van der Waals surface area contributed by atoms with E-state index < -0.39 is 5.82 Å². The summed E-state index contributed by atoms with van der Waals surface area (Å²) >= 11 is 11.6. The van der Waals surface area contributed by atoms with Crippen LogP contribution in [0.4, 0.5) is 4.39 Å². The fourth-order valence-corrected chi connectivity index (χ4v) is 6.18. The molecule has 3 aliphatic carbocycles. The Morgan fingerprint density at radius 2 is 1.76 bits per heavy atom.